The van der Waals surface area contributed by atoms with Gasteiger partial charge in [0.2, 0.25) is 0 Å². The van der Waals surface area contributed by atoms with Crippen LogP contribution in [-0.2, 0) is 0 Å². The maximum atomic E-state index is 13.6. The molecule has 0 amide bonds. The van der Waals surface area contributed by atoms with Crippen LogP contribution in [0.15, 0.2) is 24.3 Å². The van der Waals surface area contributed by atoms with Crippen molar-refractivity contribution >= 4 is 0 Å². The summed E-state index contributed by atoms with van der Waals surface area (Å²) in [7, 11) is 0. The largest absolute Gasteiger partial charge is 0.329 e. The van der Waals surface area contributed by atoms with Crippen LogP contribution in [0.4, 0.5) is 4.39 Å². The fourth-order valence-electron chi connectivity index (χ4n) is 1.79. The highest BCUT2D eigenvalue weighted by Crippen LogP contribution is 2.17. The number of nitrogens with one attached hydrogen (secondary N) is 1. The normalized spacial score (nSPS) is 14.0. The standard InChI is InChI=1S/C14H19FN2/c1-3-7-11(4-2)17-14(10-16)12-8-5-6-9-13(12)15/h2,5-6,8-9,11,14,17H,3,7,10,16H2,1H3. The van der Waals surface area contributed by atoms with Crippen molar-refractivity contribution < 1.29 is 4.39 Å². The van der Waals surface area contributed by atoms with E-state index >= 15 is 0 Å². The third-order valence-corrected chi connectivity index (χ3v) is 2.70. The summed E-state index contributed by atoms with van der Waals surface area (Å²) in [4.78, 5) is 0. The minimum Gasteiger partial charge on any atom is -0.329 e. The Bertz CT molecular complexity index is 384. The summed E-state index contributed by atoms with van der Waals surface area (Å²) in [5.41, 5.74) is 6.25. The molecule has 2 unspecified atom stereocenters. The molecule has 2 nitrogen and oxygen atoms in total. The zero-order valence-electron chi connectivity index (χ0n) is 10.1. The minimum absolute atomic E-state index is 0.0619. The fraction of sp³-hybridized carbons (Fsp3) is 0.429. The lowest BCUT2D eigenvalue weighted by Crippen LogP contribution is -2.36. The summed E-state index contributed by atoms with van der Waals surface area (Å²) in [6.45, 7) is 2.38. The molecule has 1 rings (SSSR count). The molecule has 0 fully saturated rings. The van der Waals surface area contributed by atoms with Gasteiger partial charge in [0, 0.05) is 18.2 Å². The van der Waals surface area contributed by atoms with Crippen LogP contribution in [-0.4, -0.2) is 12.6 Å². The maximum absolute atomic E-state index is 13.6. The van der Waals surface area contributed by atoms with Gasteiger partial charge in [0.05, 0.1) is 6.04 Å². The number of hydrogen-bond donors (Lipinski definition) is 2. The van der Waals surface area contributed by atoms with Gasteiger partial charge in [0.25, 0.3) is 0 Å². The number of halogens is 1. The van der Waals surface area contributed by atoms with Crippen molar-refractivity contribution in [3.05, 3.63) is 35.6 Å². The molecule has 0 radical (unpaired) electrons. The zero-order chi connectivity index (χ0) is 12.7. The summed E-state index contributed by atoms with van der Waals surface area (Å²) in [6.07, 6.45) is 7.28. The van der Waals surface area contributed by atoms with Crippen molar-refractivity contribution in [1.29, 1.82) is 0 Å². The molecular weight excluding hydrogens is 215 g/mol. The average Bonchev–Trinajstić information content (AvgIpc) is 2.35. The Balaban J connectivity index is 2.79. The Hall–Kier alpha value is -1.37. The highest BCUT2D eigenvalue weighted by atomic mass is 19.1. The van der Waals surface area contributed by atoms with Crippen molar-refractivity contribution in [2.75, 3.05) is 6.54 Å². The molecule has 92 valence electrons. The lowest BCUT2D eigenvalue weighted by Gasteiger charge is -2.22. The first kappa shape index (κ1) is 13.7. The second kappa shape index (κ2) is 7.05. The van der Waals surface area contributed by atoms with Crippen molar-refractivity contribution in [3.8, 4) is 12.3 Å². The van der Waals surface area contributed by atoms with Gasteiger partial charge in [-0.2, -0.15) is 0 Å². The van der Waals surface area contributed by atoms with Gasteiger partial charge in [-0.25, -0.2) is 4.39 Å². The van der Waals surface area contributed by atoms with Gasteiger partial charge in [0.1, 0.15) is 5.82 Å². The lowest BCUT2D eigenvalue weighted by molar-refractivity contribution is 0.458. The Morgan fingerprint density at radius 2 is 2.18 bits per heavy atom. The molecule has 0 saturated heterocycles. The third-order valence-electron chi connectivity index (χ3n) is 2.70. The van der Waals surface area contributed by atoms with E-state index in [0.29, 0.717) is 12.1 Å². The van der Waals surface area contributed by atoms with Crippen molar-refractivity contribution in [2.24, 2.45) is 5.73 Å². The van der Waals surface area contributed by atoms with Crippen molar-refractivity contribution in [3.63, 3.8) is 0 Å². The summed E-state index contributed by atoms with van der Waals surface area (Å²) in [5.74, 6) is 2.42. The minimum atomic E-state index is -0.247. The third kappa shape index (κ3) is 3.85. The van der Waals surface area contributed by atoms with E-state index in [9.17, 15) is 4.39 Å². The molecule has 1 aromatic rings. The summed E-state index contributed by atoms with van der Waals surface area (Å²) in [5, 5.41) is 3.21. The fourth-order valence-corrected chi connectivity index (χ4v) is 1.79. The van der Waals surface area contributed by atoms with E-state index in [1.54, 1.807) is 18.2 Å². The van der Waals surface area contributed by atoms with Crippen LogP contribution in [0, 0.1) is 18.2 Å². The van der Waals surface area contributed by atoms with Crippen molar-refractivity contribution in [2.45, 2.75) is 31.8 Å². The maximum Gasteiger partial charge on any atom is 0.128 e. The van der Waals surface area contributed by atoms with E-state index < -0.39 is 0 Å². The van der Waals surface area contributed by atoms with Crippen LogP contribution < -0.4 is 11.1 Å². The molecular formula is C14H19FN2. The van der Waals surface area contributed by atoms with Gasteiger partial charge >= 0.3 is 0 Å². The quantitative estimate of drug-likeness (QED) is 0.741. The molecule has 17 heavy (non-hydrogen) atoms. The van der Waals surface area contributed by atoms with Crippen molar-refractivity contribution in [1.82, 2.24) is 5.32 Å². The van der Waals surface area contributed by atoms with Gasteiger partial charge in [-0.15, -0.1) is 6.42 Å². The first-order chi connectivity index (χ1) is 8.22. The Morgan fingerprint density at radius 1 is 1.47 bits per heavy atom. The molecule has 0 spiro atoms. The van der Waals surface area contributed by atoms with Gasteiger partial charge in [-0.3, -0.25) is 5.32 Å². The lowest BCUT2D eigenvalue weighted by atomic mass is 10.0. The number of hydrogen-bond acceptors (Lipinski definition) is 2. The predicted molar refractivity (Wildman–Crippen MR) is 68.9 cm³/mol. The number of rotatable bonds is 6. The average molecular weight is 234 g/mol. The molecule has 0 heterocycles. The first-order valence-corrected chi connectivity index (χ1v) is 5.89. The van der Waals surface area contributed by atoms with Crippen LogP contribution in [0.5, 0.6) is 0 Å². The molecule has 0 aromatic heterocycles. The van der Waals surface area contributed by atoms with E-state index in [-0.39, 0.29) is 17.9 Å². The van der Waals surface area contributed by atoms with Crippen LogP contribution in [0.2, 0.25) is 0 Å². The van der Waals surface area contributed by atoms with Gasteiger partial charge in [-0.05, 0) is 12.5 Å². The van der Waals surface area contributed by atoms with Crippen LogP contribution in [0.25, 0.3) is 0 Å². The van der Waals surface area contributed by atoms with E-state index in [0.717, 1.165) is 12.8 Å². The van der Waals surface area contributed by atoms with E-state index in [1.807, 2.05) is 0 Å². The van der Waals surface area contributed by atoms with Crippen LogP contribution in [0.1, 0.15) is 31.4 Å². The second-order valence-corrected chi connectivity index (χ2v) is 3.98. The molecule has 3 N–H and O–H groups in total. The Labute approximate surface area is 102 Å². The Morgan fingerprint density at radius 3 is 2.71 bits per heavy atom. The molecule has 0 aliphatic heterocycles. The smallest absolute Gasteiger partial charge is 0.128 e. The SMILES string of the molecule is C#CC(CCC)NC(CN)c1ccccc1F. The summed E-state index contributed by atoms with van der Waals surface area (Å²) in [6, 6.07) is 6.34. The predicted octanol–water partition coefficient (Wildman–Crippen LogP) is 2.22. The topological polar surface area (TPSA) is 38.0 Å². The van der Waals surface area contributed by atoms with Gasteiger partial charge < -0.3 is 5.73 Å². The van der Waals surface area contributed by atoms with Gasteiger partial charge in [-0.1, -0.05) is 37.5 Å². The molecule has 0 bridgehead atoms. The van der Waals surface area contributed by atoms with E-state index in [1.165, 1.54) is 6.07 Å². The number of benzene rings is 1. The van der Waals surface area contributed by atoms with Crippen LogP contribution >= 0.6 is 0 Å². The number of terminal acetylenes is 1. The summed E-state index contributed by atoms with van der Waals surface area (Å²) >= 11 is 0. The molecule has 3 heteroatoms. The highest BCUT2D eigenvalue weighted by Gasteiger charge is 2.16. The second-order valence-electron chi connectivity index (χ2n) is 3.98. The zero-order valence-corrected chi connectivity index (χ0v) is 10.1. The van der Waals surface area contributed by atoms with E-state index in [4.69, 9.17) is 12.2 Å². The first-order valence-electron chi connectivity index (χ1n) is 5.89. The molecule has 0 aliphatic carbocycles. The summed E-state index contributed by atoms with van der Waals surface area (Å²) < 4.78 is 13.6. The van der Waals surface area contributed by atoms with Crippen LogP contribution in [0.3, 0.4) is 0 Å². The van der Waals surface area contributed by atoms with E-state index in [2.05, 4.69) is 18.2 Å². The highest BCUT2D eigenvalue weighted by molar-refractivity contribution is 5.22. The number of nitrogens with two attached hydrogens (primary N) is 1. The molecule has 0 aliphatic rings. The molecule has 0 saturated carbocycles. The molecule has 2 atom stereocenters. The van der Waals surface area contributed by atoms with Gasteiger partial charge in [0.15, 0.2) is 0 Å². The monoisotopic (exact) mass is 234 g/mol. The Kier molecular flexibility index (Phi) is 5.68. The molecule has 1 aromatic carbocycles.